The number of aromatic nitrogens is 2. The molecule has 0 bridgehead atoms. The Labute approximate surface area is 183 Å². The van der Waals surface area contributed by atoms with Gasteiger partial charge in [-0.25, -0.2) is 14.8 Å². The van der Waals surface area contributed by atoms with Gasteiger partial charge in [0, 0.05) is 43.4 Å². The molecule has 0 saturated carbocycles. The van der Waals surface area contributed by atoms with Crippen LogP contribution in [-0.2, 0) is 19.4 Å². The molecule has 6 nitrogen and oxygen atoms in total. The Bertz CT molecular complexity index is 1050. The number of aryl methyl sites for hydroxylation is 1. The van der Waals surface area contributed by atoms with E-state index in [0.717, 1.165) is 47.1 Å². The van der Waals surface area contributed by atoms with Crippen molar-refractivity contribution in [2.24, 2.45) is 0 Å². The summed E-state index contributed by atoms with van der Waals surface area (Å²) in [6, 6.07) is 18.0. The molecule has 2 aromatic carbocycles. The van der Waals surface area contributed by atoms with Gasteiger partial charge < -0.3 is 15.1 Å². The fourth-order valence-corrected chi connectivity index (χ4v) is 3.78. The third-order valence-corrected chi connectivity index (χ3v) is 5.81. The van der Waals surface area contributed by atoms with E-state index in [2.05, 4.69) is 24.1 Å². The maximum atomic E-state index is 12.9. The molecule has 0 unspecified atom stereocenters. The first-order valence-electron chi connectivity index (χ1n) is 10.9. The summed E-state index contributed by atoms with van der Waals surface area (Å²) < 4.78 is 0. The van der Waals surface area contributed by atoms with Crippen LogP contribution in [-0.4, -0.2) is 41.0 Å². The molecule has 3 aromatic rings. The van der Waals surface area contributed by atoms with Crippen molar-refractivity contribution in [1.29, 1.82) is 0 Å². The molecule has 2 amide bonds. The Hall–Kier alpha value is -3.41. The number of benzene rings is 2. The van der Waals surface area contributed by atoms with Crippen molar-refractivity contribution in [3.8, 4) is 11.4 Å². The number of urea groups is 1. The first-order chi connectivity index (χ1) is 15.1. The van der Waals surface area contributed by atoms with Crippen molar-refractivity contribution in [3.63, 3.8) is 0 Å². The average Bonchev–Trinajstić information content (AvgIpc) is 2.83. The molecule has 0 spiro atoms. The third-order valence-electron chi connectivity index (χ3n) is 5.81. The van der Waals surface area contributed by atoms with Crippen molar-refractivity contribution in [2.75, 3.05) is 30.4 Å². The fourth-order valence-electron chi connectivity index (χ4n) is 3.78. The van der Waals surface area contributed by atoms with Crippen molar-refractivity contribution in [2.45, 2.75) is 33.2 Å². The molecule has 1 aliphatic rings. The average molecular weight is 416 g/mol. The van der Waals surface area contributed by atoms with E-state index in [4.69, 9.17) is 9.97 Å². The van der Waals surface area contributed by atoms with Crippen LogP contribution in [0.3, 0.4) is 0 Å². The van der Waals surface area contributed by atoms with Gasteiger partial charge in [0.2, 0.25) is 0 Å². The van der Waals surface area contributed by atoms with E-state index in [1.165, 1.54) is 5.56 Å². The first-order valence-corrected chi connectivity index (χ1v) is 10.9. The molecule has 1 aromatic heterocycles. The molecule has 4 rings (SSSR count). The molecule has 1 aliphatic heterocycles. The van der Waals surface area contributed by atoms with Gasteiger partial charge in [-0.3, -0.25) is 0 Å². The SMILES string of the molecule is CCc1ccc(NC(=O)N2CCc3nc(-c4ccccc4)nc(N(C)CC)c3C2)cc1. The predicted octanol–water partition coefficient (Wildman–Crippen LogP) is 4.75. The van der Waals surface area contributed by atoms with Gasteiger partial charge in [0.05, 0.1) is 12.2 Å². The van der Waals surface area contributed by atoms with Crippen LogP contribution in [0.4, 0.5) is 16.3 Å². The third kappa shape index (κ3) is 4.53. The highest BCUT2D eigenvalue weighted by Gasteiger charge is 2.27. The summed E-state index contributed by atoms with van der Waals surface area (Å²) >= 11 is 0. The van der Waals surface area contributed by atoms with E-state index < -0.39 is 0 Å². The summed E-state index contributed by atoms with van der Waals surface area (Å²) in [5, 5.41) is 3.03. The lowest BCUT2D eigenvalue weighted by Crippen LogP contribution is -2.40. The number of fused-ring (bicyclic) bond motifs is 1. The zero-order chi connectivity index (χ0) is 21.8. The number of carbonyl (C=O) groups excluding carboxylic acids is 1. The number of hydrogen-bond acceptors (Lipinski definition) is 4. The van der Waals surface area contributed by atoms with Gasteiger partial charge in [-0.15, -0.1) is 0 Å². The van der Waals surface area contributed by atoms with Gasteiger partial charge in [0.1, 0.15) is 5.82 Å². The number of nitrogens with one attached hydrogen (secondary N) is 1. The van der Waals surface area contributed by atoms with E-state index in [0.29, 0.717) is 19.5 Å². The highest BCUT2D eigenvalue weighted by Crippen LogP contribution is 2.29. The Morgan fingerprint density at radius 1 is 1.06 bits per heavy atom. The molecule has 0 saturated heterocycles. The molecule has 0 fully saturated rings. The van der Waals surface area contributed by atoms with Crippen molar-refractivity contribution < 1.29 is 4.79 Å². The van der Waals surface area contributed by atoms with Crippen LogP contribution in [0.2, 0.25) is 0 Å². The van der Waals surface area contributed by atoms with E-state index >= 15 is 0 Å². The van der Waals surface area contributed by atoms with Crippen LogP contribution in [0.25, 0.3) is 11.4 Å². The van der Waals surface area contributed by atoms with Crippen LogP contribution in [0.15, 0.2) is 54.6 Å². The van der Waals surface area contributed by atoms with Crippen LogP contribution in [0.5, 0.6) is 0 Å². The summed E-state index contributed by atoms with van der Waals surface area (Å²) in [7, 11) is 2.03. The molecule has 1 N–H and O–H groups in total. The number of hydrogen-bond donors (Lipinski definition) is 1. The summed E-state index contributed by atoms with van der Waals surface area (Å²) in [6.45, 7) is 6.18. The minimum atomic E-state index is -0.0906. The molecule has 0 atom stereocenters. The molecular weight excluding hydrogens is 386 g/mol. The number of anilines is 2. The van der Waals surface area contributed by atoms with E-state index in [-0.39, 0.29) is 6.03 Å². The first kappa shape index (κ1) is 20.8. The normalized spacial score (nSPS) is 12.9. The molecular formula is C25H29N5O. The lowest BCUT2D eigenvalue weighted by atomic mass is 10.0. The lowest BCUT2D eigenvalue weighted by Gasteiger charge is -2.31. The van der Waals surface area contributed by atoms with Gasteiger partial charge >= 0.3 is 6.03 Å². The molecule has 6 heteroatoms. The second-order valence-electron chi connectivity index (χ2n) is 7.83. The Balaban J connectivity index is 1.59. The van der Waals surface area contributed by atoms with Gasteiger partial charge in [-0.1, -0.05) is 49.4 Å². The minimum absolute atomic E-state index is 0.0906. The monoisotopic (exact) mass is 415 g/mol. The van der Waals surface area contributed by atoms with Gasteiger partial charge in [-0.05, 0) is 31.0 Å². The van der Waals surface area contributed by atoms with Gasteiger partial charge in [0.25, 0.3) is 0 Å². The topological polar surface area (TPSA) is 61.4 Å². The Kier molecular flexibility index (Phi) is 6.16. The highest BCUT2D eigenvalue weighted by atomic mass is 16.2. The van der Waals surface area contributed by atoms with Crippen LogP contribution in [0, 0.1) is 0 Å². The fraction of sp³-hybridized carbons (Fsp3) is 0.320. The molecule has 160 valence electrons. The zero-order valence-electron chi connectivity index (χ0n) is 18.4. The smallest absolute Gasteiger partial charge is 0.322 e. The summed E-state index contributed by atoms with van der Waals surface area (Å²) in [6.07, 6.45) is 1.69. The van der Waals surface area contributed by atoms with Crippen LogP contribution >= 0.6 is 0 Å². The van der Waals surface area contributed by atoms with E-state index in [1.54, 1.807) is 0 Å². The largest absolute Gasteiger partial charge is 0.360 e. The van der Waals surface area contributed by atoms with E-state index in [1.807, 2.05) is 66.5 Å². The van der Waals surface area contributed by atoms with Gasteiger partial charge in [-0.2, -0.15) is 0 Å². The second-order valence-corrected chi connectivity index (χ2v) is 7.83. The lowest BCUT2D eigenvalue weighted by molar-refractivity contribution is 0.206. The summed E-state index contributed by atoms with van der Waals surface area (Å²) in [5.74, 6) is 1.64. The predicted molar refractivity (Wildman–Crippen MR) is 125 cm³/mol. The second kappa shape index (κ2) is 9.16. The Morgan fingerprint density at radius 3 is 2.48 bits per heavy atom. The van der Waals surface area contributed by atoms with Crippen LogP contribution < -0.4 is 10.2 Å². The number of amides is 2. The zero-order valence-corrected chi connectivity index (χ0v) is 18.4. The van der Waals surface area contributed by atoms with Crippen molar-refractivity contribution in [3.05, 3.63) is 71.4 Å². The summed E-state index contributed by atoms with van der Waals surface area (Å²) in [5.41, 5.74) is 5.14. The van der Waals surface area contributed by atoms with Crippen molar-refractivity contribution >= 4 is 17.5 Å². The van der Waals surface area contributed by atoms with Crippen LogP contribution in [0.1, 0.15) is 30.7 Å². The maximum absolute atomic E-state index is 12.9. The molecule has 0 radical (unpaired) electrons. The maximum Gasteiger partial charge on any atom is 0.322 e. The van der Waals surface area contributed by atoms with Gasteiger partial charge in [0.15, 0.2) is 5.82 Å². The Morgan fingerprint density at radius 2 is 1.81 bits per heavy atom. The standard InChI is InChI=1S/C25H29N5O/c1-4-18-11-13-20(14-12-18)26-25(31)30-16-15-22-21(17-30)24(29(3)5-2)28-23(27-22)19-9-7-6-8-10-19/h6-14H,4-5,15-17H2,1-3H3,(H,26,31). The quantitative estimate of drug-likeness (QED) is 0.653. The summed E-state index contributed by atoms with van der Waals surface area (Å²) in [4.78, 5) is 26.6. The number of nitrogens with zero attached hydrogens (tertiary/aromatic N) is 4. The molecule has 31 heavy (non-hydrogen) atoms. The number of carbonyl (C=O) groups is 1. The number of rotatable bonds is 5. The highest BCUT2D eigenvalue weighted by molar-refractivity contribution is 5.89. The molecule has 2 heterocycles. The molecule has 0 aliphatic carbocycles. The van der Waals surface area contributed by atoms with E-state index in [9.17, 15) is 4.79 Å². The van der Waals surface area contributed by atoms with Crippen molar-refractivity contribution in [1.82, 2.24) is 14.9 Å². The minimum Gasteiger partial charge on any atom is -0.360 e.